The van der Waals surface area contributed by atoms with Gasteiger partial charge < -0.3 is 14.8 Å². The van der Waals surface area contributed by atoms with Gasteiger partial charge in [0, 0.05) is 57.1 Å². The number of pyridine rings is 1. The maximum absolute atomic E-state index is 12.4. The Kier molecular flexibility index (Phi) is 6.82. The maximum atomic E-state index is 12.4. The van der Waals surface area contributed by atoms with E-state index in [4.69, 9.17) is 0 Å². The van der Waals surface area contributed by atoms with E-state index in [0.717, 1.165) is 16.8 Å². The highest BCUT2D eigenvalue weighted by molar-refractivity contribution is 5.93. The van der Waals surface area contributed by atoms with Crippen molar-refractivity contribution in [3.8, 4) is 0 Å². The summed E-state index contributed by atoms with van der Waals surface area (Å²) in [6.45, 7) is 7.19. The van der Waals surface area contributed by atoms with Crippen LogP contribution in [-0.2, 0) is 16.1 Å². The van der Waals surface area contributed by atoms with Crippen LogP contribution in [0, 0.1) is 13.8 Å². The molecule has 7 heteroatoms. The minimum Gasteiger partial charge on any atom is -0.340 e. The number of anilines is 1. The highest BCUT2D eigenvalue weighted by Gasteiger charge is 2.22. The molecule has 7 nitrogen and oxygen atoms in total. The van der Waals surface area contributed by atoms with Gasteiger partial charge in [-0.1, -0.05) is 24.3 Å². The molecular weight excluding hydrogens is 368 g/mol. The Morgan fingerprint density at radius 3 is 2.31 bits per heavy atom. The van der Waals surface area contributed by atoms with E-state index in [0.29, 0.717) is 45.7 Å². The molecule has 0 unspecified atom stereocenters. The molecule has 2 aromatic rings. The van der Waals surface area contributed by atoms with E-state index in [1.54, 1.807) is 22.9 Å². The lowest BCUT2D eigenvalue weighted by molar-refractivity contribution is -0.133. The lowest BCUT2D eigenvalue weighted by atomic mass is 10.1. The lowest BCUT2D eigenvalue weighted by Crippen LogP contribution is -2.50. The molecule has 3 rings (SSSR count). The van der Waals surface area contributed by atoms with Crippen molar-refractivity contribution in [2.24, 2.45) is 0 Å². The quantitative estimate of drug-likeness (QED) is 0.806. The Morgan fingerprint density at radius 1 is 0.966 bits per heavy atom. The molecule has 29 heavy (non-hydrogen) atoms. The van der Waals surface area contributed by atoms with E-state index in [1.807, 2.05) is 36.9 Å². The number of hydrogen-bond donors (Lipinski definition) is 1. The third-order valence-electron chi connectivity index (χ3n) is 5.30. The molecule has 0 spiro atoms. The zero-order valence-corrected chi connectivity index (χ0v) is 17.1. The average Bonchev–Trinajstić information content (AvgIpc) is 2.70. The Balaban J connectivity index is 1.44. The topological polar surface area (TPSA) is 74.7 Å². The molecule has 1 aromatic heterocycles. The largest absolute Gasteiger partial charge is 0.340 e. The number of benzene rings is 1. The minimum atomic E-state index is -0.0972. The molecular formula is C22H28N4O3. The second-order valence-corrected chi connectivity index (χ2v) is 7.45. The second-order valence-electron chi connectivity index (χ2n) is 7.45. The number of nitrogens with one attached hydrogen (secondary N) is 1. The Hall–Kier alpha value is -2.93. The number of rotatable bonds is 6. The van der Waals surface area contributed by atoms with Crippen LogP contribution < -0.4 is 10.9 Å². The van der Waals surface area contributed by atoms with Crippen molar-refractivity contribution in [1.29, 1.82) is 0 Å². The van der Waals surface area contributed by atoms with Crippen LogP contribution in [-0.4, -0.2) is 58.9 Å². The first-order chi connectivity index (χ1) is 13.9. The summed E-state index contributed by atoms with van der Waals surface area (Å²) in [6, 6.07) is 10.9. The zero-order chi connectivity index (χ0) is 20.8. The Labute approximate surface area is 170 Å². The fourth-order valence-electron chi connectivity index (χ4n) is 3.57. The number of aryl methyl sites for hydroxylation is 3. The number of hydrogen-bond acceptors (Lipinski definition) is 4. The number of carbonyl (C=O) groups is 2. The smallest absolute Gasteiger partial charge is 0.250 e. The molecule has 1 fully saturated rings. The fraction of sp³-hybridized carbons (Fsp3) is 0.409. The molecule has 0 bridgehead atoms. The summed E-state index contributed by atoms with van der Waals surface area (Å²) in [5.74, 6) is 0.00557. The van der Waals surface area contributed by atoms with E-state index in [2.05, 4.69) is 10.2 Å². The van der Waals surface area contributed by atoms with Crippen LogP contribution in [0.4, 0.5) is 5.69 Å². The molecule has 0 saturated carbocycles. The first-order valence-corrected chi connectivity index (χ1v) is 9.95. The number of nitrogens with zero attached hydrogens (tertiary/aromatic N) is 3. The van der Waals surface area contributed by atoms with Gasteiger partial charge in [0.1, 0.15) is 0 Å². The van der Waals surface area contributed by atoms with Crippen LogP contribution >= 0.6 is 0 Å². The molecule has 1 saturated heterocycles. The number of piperazine rings is 1. The molecule has 154 valence electrons. The van der Waals surface area contributed by atoms with Crippen molar-refractivity contribution in [3.05, 3.63) is 64.1 Å². The summed E-state index contributed by atoms with van der Waals surface area (Å²) < 4.78 is 1.55. The summed E-state index contributed by atoms with van der Waals surface area (Å²) in [6.07, 6.45) is 2.00. The van der Waals surface area contributed by atoms with E-state index in [9.17, 15) is 14.4 Å². The summed E-state index contributed by atoms with van der Waals surface area (Å²) >= 11 is 0. The van der Waals surface area contributed by atoms with Crippen molar-refractivity contribution in [2.45, 2.75) is 26.8 Å². The zero-order valence-electron chi connectivity index (χ0n) is 17.1. The van der Waals surface area contributed by atoms with Gasteiger partial charge in [0.25, 0.3) is 5.56 Å². The van der Waals surface area contributed by atoms with Crippen LogP contribution in [0.25, 0.3) is 0 Å². The van der Waals surface area contributed by atoms with Crippen molar-refractivity contribution >= 4 is 17.5 Å². The molecule has 1 aliphatic heterocycles. The molecule has 2 heterocycles. The third kappa shape index (κ3) is 5.54. The summed E-state index contributed by atoms with van der Waals surface area (Å²) in [5.41, 5.74) is 2.88. The van der Waals surface area contributed by atoms with E-state index < -0.39 is 0 Å². The van der Waals surface area contributed by atoms with Crippen molar-refractivity contribution in [2.75, 3.05) is 38.0 Å². The summed E-state index contributed by atoms with van der Waals surface area (Å²) in [4.78, 5) is 40.5. The fourth-order valence-corrected chi connectivity index (χ4v) is 3.57. The molecule has 1 aromatic carbocycles. The van der Waals surface area contributed by atoms with Gasteiger partial charge in [-0.25, -0.2) is 0 Å². The SMILES string of the molecule is Cc1cccc(C)c1NC(=O)CN1CCN(C(=O)CCn2ccccc2=O)CC1. The third-order valence-corrected chi connectivity index (χ3v) is 5.30. The highest BCUT2D eigenvalue weighted by Crippen LogP contribution is 2.19. The first kappa shape index (κ1) is 20.8. The molecule has 1 aliphatic rings. The standard InChI is InChI=1S/C22H28N4O3/c1-17-6-5-7-18(2)22(17)23-19(27)16-24-12-14-26(15-13-24)21(29)9-11-25-10-4-3-8-20(25)28/h3-8,10H,9,11-16H2,1-2H3,(H,23,27). The van der Waals surface area contributed by atoms with Crippen LogP contribution in [0.2, 0.25) is 0 Å². The summed E-state index contributed by atoms with van der Waals surface area (Å²) in [5, 5.41) is 3.01. The number of amides is 2. The average molecular weight is 396 g/mol. The van der Waals surface area contributed by atoms with Crippen LogP contribution in [0.1, 0.15) is 17.5 Å². The van der Waals surface area contributed by atoms with Crippen LogP contribution in [0.5, 0.6) is 0 Å². The second kappa shape index (κ2) is 9.52. The van der Waals surface area contributed by atoms with Crippen molar-refractivity contribution < 1.29 is 9.59 Å². The number of aromatic nitrogens is 1. The maximum Gasteiger partial charge on any atom is 0.250 e. The van der Waals surface area contributed by atoms with E-state index >= 15 is 0 Å². The Bertz CT molecular complexity index is 909. The minimum absolute atomic E-state index is 0.0365. The predicted octanol–water partition coefficient (Wildman–Crippen LogP) is 1.64. The number of carbonyl (C=O) groups excluding carboxylic acids is 2. The normalized spacial score (nSPS) is 14.6. The molecule has 0 radical (unpaired) electrons. The van der Waals surface area contributed by atoms with Crippen molar-refractivity contribution in [3.63, 3.8) is 0 Å². The van der Waals surface area contributed by atoms with Gasteiger partial charge in [-0.3, -0.25) is 19.3 Å². The predicted molar refractivity (Wildman–Crippen MR) is 113 cm³/mol. The van der Waals surface area contributed by atoms with Gasteiger partial charge in [-0.15, -0.1) is 0 Å². The van der Waals surface area contributed by atoms with Gasteiger partial charge in [-0.2, -0.15) is 0 Å². The van der Waals surface area contributed by atoms with Gasteiger partial charge in [0.15, 0.2) is 0 Å². The molecule has 0 aliphatic carbocycles. The van der Waals surface area contributed by atoms with Gasteiger partial charge in [0.05, 0.1) is 6.54 Å². The molecule has 2 amide bonds. The van der Waals surface area contributed by atoms with Gasteiger partial charge in [-0.05, 0) is 31.0 Å². The van der Waals surface area contributed by atoms with Crippen LogP contribution in [0.15, 0.2) is 47.4 Å². The molecule has 0 atom stereocenters. The lowest BCUT2D eigenvalue weighted by Gasteiger charge is -2.34. The number of para-hydroxylation sites is 1. The first-order valence-electron chi connectivity index (χ1n) is 9.95. The van der Waals surface area contributed by atoms with Gasteiger partial charge in [0.2, 0.25) is 11.8 Å². The Morgan fingerprint density at radius 2 is 1.66 bits per heavy atom. The van der Waals surface area contributed by atoms with E-state index in [-0.39, 0.29) is 17.4 Å². The van der Waals surface area contributed by atoms with Crippen molar-refractivity contribution in [1.82, 2.24) is 14.4 Å². The van der Waals surface area contributed by atoms with Crippen LogP contribution in [0.3, 0.4) is 0 Å². The highest BCUT2D eigenvalue weighted by atomic mass is 16.2. The van der Waals surface area contributed by atoms with Gasteiger partial charge >= 0.3 is 0 Å². The molecule has 1 N–H and O–H groups in total. The monoisotopic (exact) mass is 396 g/mol. The van der Waals surface area contributed by atoms with E-state index in [1.165, 1.54) is 6.07 Å². The summed E-state index contributed by atoms with van der Waals surface area (Å²) in [7, 11) is 0.